The maximum atomic E-state index is 12.1. The van der Waals surface area contributed by atoms with Crippen LogP contribution < -0.4 is 5.32 Å². The Morgan fingerprint density at radius 1 is 1.16 bits per heavy atom. The van der Waals surface area contributed by atoms with Gasteiger partial charge >= 0.3 is 0 Å². The molecule has 0 saturated carbocycles. The van der Waals surface area contributed by atoms with E-state index < -0.39 is 5.91 Å². The summed E-state index contributed by atoms with van der Waals surface area (Å²) in [5, 5.41) is 3.23. The molecule has 0 saturated heterocycles. The van der Waals surface area contributed by atoms with Crippen molar-refractivity contribution in [3.05, 3.63) is 51.0 Å². The van der Waals surface area contributed by atoms with Crippen LogP contribution in [0, 0.1) is 6.92 Å². The second kappa shape index (κ2) is 5.74. The third-order valence-corrected chi connectivity index (χ3v) is 3.10. The molecule has 2 aromatic rings. The van der Waals surface area contributed by atoms with E-state index in [-0.39, 0.29) is 20.9 Å². The van der Waals surface area contributed by atoms with E-state index in [1.807, 2.05) is 6.92 Å². The van der Waals surface area contributed by atoms with Crippen molar-refractivity contribution >= 4 is 46.4 Å². The molecule has 4 nitrogen and oxygen atoms in total. The van der Waals surface area contributed by atoms with Gasteiger partial charge in [-0.2, -0.15) is 0 Å². The molecule has 0 atom stereocenters. The van der Waals surface area contributed by atoms with Gasteiger partial charge in [0.25, 0.3) is 5.91 Å². The Balaban J connectivity index is 2.30. The maximum absolute atomic E-state index is 12.1. The normalized spacial score (nSPS) is 10.3. The monoisotopic (exact) mass is 315 g/mol. The molecule has 98 valence electrons. The summed E-state index contributed by atoms with van der Waals surface area (Å²) in [7, 11) is 0. The van der Waals surface area contributed by atoms with Gasteiger partial charge in [0.1, 0.15) is 5.15 Å². The number of rotatable bonds is 2. The summed E-state index contributed by atoms with van der Waals surface area (Å²) in [5.74, 6) is -0.427. The fraction of sp³-hybridized carbons (Fsp3) is 0.0833. The summed E-state index contributed by atoms with van der Waals surface area (Å²) in [4.78, 5) is 19.8. The van der Waals surface area contributed by atoms with E-state index in [2.05, 4.69) is 15.3 Å². The van der Waals surface area contributed by atoms with E-state index in [9.17, 15) is 4.79 Å². The highest BCUT2D eigenvalue weighted by atomic mass is 35.5. The van der Waals surface area contributed by atoms with Gasteiger partial charge < -0.3 is 5.32 Å². The van der Waals surface area contributed by atoms with Gasteiger partial charge in [-0.3, -0.25) is 4.79 Å². The van der Waals surface area contributed by atoms with Crippen molar-refractivity contribution in [2.24, 2.45) is 0 Å². The minimum Gasteiger partial charge on any atom is -0.319 e. The molecule has 2 rings (SSSR count). The van der Waals surface area contributed by atoms with E-state index >= 15 is 0 Å². The van der Waals surface area contributed by atoms with Crippen LogP contribution in [0.15, 0.2) is 24.5 Å². The number of carbonyl (C=O) groups is 1. The van der Waals surface area contributed by atoms with Crippen LogP contribution >= 0.6 is 34.8 Å². The van der Waals surface area contributed by atoms with E-state index in [0.717, 1.165) is 5.56 Å². The standard InChI is InChI=1S/C12H8Cl3N3O/c1-6-2-9(11(15)17-4-6)18-12(19)7-3-10(14)16-5-8(7)13/h2-5H,1H3,(H,18,19). The molecule has 0 aliphatic carbocycles. The highest BCUT2D eigenvalue weighted by Crippen LogP contribution is 2.23. The topological polar surface area (TPSA) is 54.9 Å². The number of hydrogen-bond acceptors (Lipinski definition) is 3. The quantitative estimate of drug-likeness (QED) is 0.852. The zero-order chi connectivity index (χ0) is 14.0. The largest absolute Gasteiger partial charge is 0.319 e. The van der Waals surface area contributed by atoms with E-state index in [4.69, 9.17) is 34.8 Å². The van der Waals surface area contributed by atoms with Gasteiger partial charge in [0.2, 0.25) is 0 Å². The Bertz CT molecular complexity index is 646. The van der Waals surface area contributed by atoms with Gasteiger partial charge in [-0.1, -0.05) is 34.8 Å². The SMILES string of the molecule is Cc1cnc(Cl)c(NC(=O)c2cc(Cl)ncc2Cl)c1. The molecule has 2 aromatic heterocycles. The summed E-state index contributed by atoms with van der Waals surface area (Å²) < 4.78 is 0. The van der Waals surface area contributed by atoms with E-state index in [0.29, 0.717) is 5.69 Å². The second-order valence-corrected chi connectivity index (χ2v) is 4.94. The lowest BCUT2D eigenvalue weighted by molar-refractivity contribution is 0.102. The third kappa shape index (κ3) is 3.35. The van der Waals surface area contributed by atoms with Crippen LogP contribution in [0.1, 0.15) is 15.9 Å². The Hall–Kier alpha value is -1.36. The zero-order valence-corrected chi connectivity index (χ0v) is 12.0. The molecular weight excluding hydrogens is 309 g/mol. The lowest BCUT2D eigenvalue weighted by Gasteiger charge is -2.08. The number of nitrogens with zero attached hydrogens (tertiary/aromatic N) is 2. The molecule has 0 bridgehead atoms. The molecule has 0 aliphatic rings. The van der Waals surface area contributed by atoms with Crippen LogP contribution in [0.5, 0.6) is 0 Å². The number of hydrogen-bond donors (Lipinski definition) is 1. The molecule has 1 amide bonds. The first kappa shape index (κ1) is 14.1. The first-order chi connectivity index (χ1) is 8.97. The lowest BCUT2D eigenvalue weighted by Crippen LogP contribution is -2.13. The Kier molecular flexibility index (Phi) is 4.24. The molecule has 0 fully saturated rings. The summed E-state index contributed by atoms with van der Waals surface area (Å²) in [5.41, 5.74) is 1.51. The van der Waals surface area contributed by atoms with Crippen molar-refractivity contribution in [3.63, 3.8) is 0 Å². The molecule has 7 heteroatoms. The van der Waals surface area contributed by atoms with Gasteiger partial charge in [0.15, 0.2) is 5.15 Å². The maximum Gasteiger partial charge on any atom is 0.257 e. The summed E-state index contributed by atoms with van der Waals surface area (Å²) in [6, 6.07) is 3.10. The molecule has 0 aliphatic heterocycles. The number of aromatic nitrogens is 2. The number of anilines is 1. The molecule has 0 aromatic carbocycles. The van der Waals surface area contributed by atoms with Gasteiger partial charge in [-0.15, -0.1) is 0 Å². The molecule has 0 spiro atoms. The van der Waals surface area contributed by atoms with Crippen molar-refractivity contribution in [3.8, 4) is 0 Å². The van der Waals surface area contributed by atoms with E-state index in [1.54, 1.807) is 12.3 Å². The molecule has 0 radical (unpaired) electrons. The predicted molar refractivity (Wildman–Crippen MR) is 76.2 cm³/mol. The molecule has 2 heterocycles. The number of halogens is 3. The average Bonchev–Trinajstić information content (AvgIpc) is 2.36. The zero-order valence-electron chi connectivity index (χ0n) is 9.75. The highest BCUT2D eigenvalue weighted by molar-refractivity contribution is 6.36. The Labute approximate surface area is 124 Å². The molecular formula is C12H8Cl3N3O. The number of nitrogens with one attached hydrogen (secondary N) is 1. The van der Waals surface area contributed by atoms with Crippen molar-refractivity contribution < 1.29 is 4.79 Å². The number of amides is 1. The van der Waals surface area contributed by atoms with Crippen LogP contribution in [0.2, 0.25) is 15.3 Å². The smallest absolute Gasteiger partial charge is 0.257 e. The fourth-order valence-electron chi connectivity index (χ4n) is 1.42. The minimum absolute atomic E-state index is 0.183. The summed E-state index contributed by atoms with van der Waals surface area (Å²) in [6.45, 7) is 1.84. The van der Waals surface area contributed by atoms with Gasteiger partial charge in [-0.05, 0) is 24.6 Å². The molecule has 19 heavy (non-hydrogen) atoms. The second-order valence-electron chi connectivity index (χ2n) is 3.79. The van der Waals surface area contributed by atoms with Crippen molar-refractivity contribution in [2.75, 3.05) is 5.32 Å². The van der Waals surface area contributed by atoms with Crippen LogP contribution in [0.3, 0.4) is 0 Å². The Morgan fingerprint density at radius 2 is 1.89 bits per heavy atom. The highest BCUT2D eigenvalue weighted by Gasteiger charge is 2.14. The minimum atomic E-state index is -0.427. The third-order valence-electron chi connectivity index (χ3n) is 2.29. The number of aryl methyl sites for hydroxylation is 1. The van der Waals surface area contributed by atoms with Crippen LogP contribution in [0.25, 0.3) is 0 Å². The van der Waals surface area contributed by atoms with Crippen LogP contribution in [-0.4, -0.2) is 15.9 Å². The predicted octanol–water partition coefficient (Wildman–Crippen LogP) is 4.00. The number of pyridine rings is 2. The van der Waals surface area contributed by atoms with Crippen molar-refractivity contribution in [1.29, 1.82) is 0 Å². The van der Waals surface area contributed by atoms with Crippen LogP contribution in [-0.2, 0) is 0 Å². The first-order valence-electron chi connectivity index (χ1n) is 5.22. The van der Waals surface area contributed by atoms with Crippen molar-refractivity contribution in [1.82, 2.24) is 9.97 Å². The number of carbonyl (C=O) groups excluding carboxylic acids is 1. The van der Waals surface area contributed by atoms with Crippen LogP contribution in [0.4, 0.5) is 5.69 Å². The van der Waals surface area contributed by atoms with E-state index in [1.165, 1.54) is 12.3 Å². The first-order valence-corrected chi connectivity index (χ1v) is 6.35. The molecule has 1 N–H and O–H groups in total. The Morgan fingerprint density at radius 3 is 2.63 bits per heavy atom. The fourth-order valence-corrected chi connectivity index (χ4v) is 1.91. The van der Waals surface area contributed by atoms with Crippen molar-refractivity contribution in [2.45, 2.75) is 6.92 Å². The molecule has 0 unspecified atom stereocenters. The van der Waals surface area contributed by atoms with Gasteiger partial charge in [0, 0.05) is 12.4 Å². The summed E-state index contributed by atoms with van der Waals surface area (Å²) >= 11 is 17.5. The van der Waals surface area contributed by atoms with Gasteiger partial charge in [0.05, 0.1) is 16.3 Å². The van der Waals surface area contributed by atoms with Gasteiger partial charge in [-0.25, -0.2) is 9.97 Å². The lowest BCUT2D eigenvalue weighted by atomic mass is 10.2. The summed E-state index contributed by atoms with van der Waals surface area (Å²) in [6.07, 6.45) is 2.92. The average molecular weight is 317 g/mol.